The first-order valence-electron chi connectivity index (χ1n) is 6.43. The predicted octanol–water partition coefficient (Wildman–Crippen LogP) is 2.89. The van der Waals surface area contributed by atoms with Crippen LogP contribution in [0.15, 0.2) is 24.3 Å². The lowest BCUT2D eigenvalue weighted by atomic mass is 10.3. The van der Waals surface area contributed by atoms with E-state index < -0.39 is 0 Å². The zero-order chi connectivity index (χ0) is 12.5. The molecule has 0 aliphatic carbocycles. The molecule has 0 amide bonds. The van der Waals surface area contributed by atoms with E-state index in [1.165, 1.54) is 6.42 Å². The number of hydrogen-bond donors (Lipinski definition) is 2. The normalized spacial score (nSPS) is 10.6. The van der Waals surface area contributed by atoms with Crippen LogP contribution >= 0.6 is 0 Å². The monoisotopic (exact) mass is 236 g/mol. The van der Waals surface area contributed by atoms with Gasteiger partial charge in [-0.05, 0) is 51.1 Å². The fourth-order valence-corrected chi connectivity index (χ4v) is 1.52. The van der Waals surface area contributed by atoms with Gasteiger partial charge in [0.25, 0.3) is 0 Å². The molecule has 17 heavy (non-hydrogen) atoms. The Morgan fingerprint density at radius 2 is 1.76 bits per heavy atom. The molecular weight excluding hydrogens is 212 g/mol. The predicted molar refractivity (Wildman–Crippen MR) is 73.9 cm³/mol. The van der Waals surface area contributed by atoms with Crippen LogP contribution in [0.5, 0.6) is 5.75 Å². The van der Waals surface area contributed by atoms with Crippen LogP contribution in [-0.2, 0) is 0 Å². The van der Waals surface area contributed by atoms with Crippen LogP contribution in [0.3, 0.4) is 0 Å². The molecule has 0 bridgehead atoms. The van der Waals surface area contributed by atoms with Gasteiger partial charge in [0.2, 0.25) is 0 Å². The molecule has 0 fully saturated rings. The molecule has 1 rings (SSSR count). The van der Waals surface area contributed by atoms with Gasteiger partial charge in [0.05, 0.1) is 6.10 Å². The summed E-state index contributed by atoms with van der Waals surface area (Å²) in [6.45, 7) is 9.27. The van der Waals surface area contributed by atoms with Crippen molar-refractivity contribution in [2.45, 2.75) is 33.3 Å². The lowest BCUT2D eigenvalue weighted by molar-refractivity contribution is 0.242. The lowest BCUT2D eigenvalue weighted by Crippen LogP contribution is -2.22. The van der Waals surface area contributed by atoms with Crippen molar-refractivity contribution in [3.05, 3.63) is 24.3 Å². The van der Waals surface area contributed by atoms with Gasteiger partial charge in [-0.1, -0.05) is 6.92 Å². The average Bonchev–Trinajstić information content (AvgIpc) is 2.30. The topological polar surface area (TPSA) is 33.3 Å². The first-order valence-corrected chi connectivity index (χ1v) is 6.43. The van der Waals surface area contributed by atoms with Gasteiger partial charge >= 0.3 is 0 Å². The molecule has 1 aromatic carbocycles. The van der Waals surface area contributed by atoms with Crippen LogP contribution in [0.2, 0.25) is 0 Å². The Labute approximate surface area is 105 Å². The third kappa shape index (κ3) is 6.17. The summed E-state index contributed by atoms with van der Waals surface area (Å²) in [7, 11) is 0. The molecule has 0 heterocycles. The Bertz CT molecular complexity index is 296. The highest BCUT2D eigenvalue weighted by molar-refractivity contribution is 5.46. The standard InChI is InChI=1S/C14H24N2O/c1-4-9-15-10-11-16-13-5-7-14(8-6-13)17-12(2)3/h5-8,12,15-16H,4,9-11H2,1-3H3. The molecule has 0 saturated carbocycles. The van der Waals surface area contributed by atoms with Gasteiger partial charge in [0.15, 0.2) is 0 Å². The molecule has 1 aromatic rings. The smallest absolute Gasteiger partial charge is 0.119 e. The Kier molecular flexibility index (Phi) is 6.48. The molecule has 2 N–H and O–H groups in total. The molecule has 0 spiro atoms. The molecule has 0 radical (unpaired) electrons. The minimum atomic E-state index is 0.229. The van der Waals surface area contributed by atoms with Crippen molar-refractivity contribution in [1.29, 1.82) is 0 Å². The number of ether oxygens (including phenoxy) is 1. The Balaban J connectivity index is 2.25. The van der Waals surface area contributed by atoms with E-state index in [1.54, 1.807) is 0 Å². The highest BCUT2D eigenvalue weighted by atomic mass is 16.5. The fourth-order valence-electron chi connectivity index (χ4n) is 1.52. The van der Waals surface area contributed by atoms with Crippen LogP contribution in [0.4, 0.5) is 5.69 Å². The van der Waals surface area contributed by atoms with Crippen LogP contribution in [-0.4, -0.2) is 25.7 Å². The van der Waals surface area contributed by atoms with Crippen molar-refractivity contribution in [3.8, 4) is 5.75 Å². The van der Waals surface area contributed by atoms with Crippen molar-refractivity contribution in [2.75, 3.05) is 25.0 Å². The van der Waals surface area contributed by atoms with E-state index in [0.29, 0.717) is 0 Å². The summed E-state index contributed by atoms with van der Waals surface area (Å²) in [5.41, 5.74) is 1.14. The number of nitrogens with one attached hydrogen (secondary N) is 2. The van der Waals surface area contributed by atoms with Gasteiger partial charge in [-0.2, -0.15) is 0 Å². The minimum absolute atomic E-state index is 0.229. The van der Waals surface area contributed by atoms with Crippen LogP contribution in [0.25, 0.3) is 0 Å². The van der Waals surface area contributed by atoms with Gasteiger partial charge in [-0.15, -0.1) is 0 Å². The molecule has 0 atom stereocenters. The number of rotatable bonds is 8. The molecular formula is C14H24N2O. The van der Waals surface area contributed by atoms with E-state index in [2.05, 4.69) is 29.7 Å². The van der Waals surface area contributed by atoms with Crippen molar-refractivity contribution in [3.63, 3.8) is 0 Å². The molecule has 3 nitrogen and oxygen atoms in total. The molecule has 0 aliphatic heterocycles. The first kappa shape index (κ1) is 13.8. The molecule has 0 aromatic heterocycles. The van der Waals surface area contributed by atoms with E-state index in [0.717, 1.165) is 31.1 Å². The molecule has 96 valence electrons. The van der Waals surface area contributed by atoms with Gasteiger partial charge in [0.1, 0.15) is 5.75 Å². The zero-order valence-corrected chi connectivity index (χ0v) is 11.1. The highest BCUT2D eigenvalue weighted by Crippen LogP contribution is 2.16. The number of anilines is 1. The van der Waals surface area contributed by atoms with Crippen LogP contribution in [0, 0.1) is 0 Å². The highest BCUT2D eigenvalue weighted by Gasteiger charge is 1.97. The van der Waals surface area contributed by atoms with E-state index >= 15 is 0 Å². The van der Waals surface area contributed by atoms with Crippen molar-refractivity contribution in [1.82, 2.24) is 5.32 Å². The van der Waals surface area contributed by atoms with E-state index in [-0.39, 0.29) is 6.10 Å². The van der Waals surface area contributed by atoms with E-state index in [1.807, 2.05) is 26.0 Å². The zero-order valence-electron chi connectivity index (χ0n) is 11.1. The van der Waals surface area contributed by atoms with Gasteiger partial charge in [0, 0.05) is 18.8 Å². The fraction of sp³-hybridized carbons (Fsp3) is 0.571. The molecule has 0 unspecified atom stereocenters. The summed E-state index contributed by atoms with van der Waals surface area (Å²) in [5.74, 6) is 0.926. The van der Waals surface area contributed by atoms with Crippen molar-refractivity contribution < 1.29 is 4.74 Å². The summed E-state index contributed by atoms with van der Waals surface area (Å²) in [4.78, 5) is 0. The summed E-state index contributed by atoms with van der Waals surface area (Å²) in [6.07, 6.45) is 1.41. The third-order valence-electron chi connectivity index (χ3n) is 2.28. The maximum absolute atomic E-state index is 5.59. The van der Waals surface area contributed by atoms with Gasteiger partial charge < -0.3 is 15.4 Å². The second-order valence-corrected chi connectivity index (χ2v) is 4.37. The van der Waals surface area contributed by atoms with Gasteiger partial charge in [-0.3, -0.25) is 0 Å². The first-order chi connectivity index (χ1) is 8.22. The second kappa shape index (κ2) is 7.96. The maximum Gasteiger partial charge on any atom is 0.119 e. The van der Waals surface area contributed by atoms with Crippen LogP contribution < -0.4 is 15.4 Å². The van der Waals surface area contributed by atoms with E-state index in [9.17, 15) is 0 Å². The summed E-state index contributed by atoms with van der Waals surface area (Å²) in [6, 6.07) is 8.11. The average molecular weight is 236 g/mol. The second-order valence-electron chi connectivity index (χ2n) is 4.37. The molecule has 0 aliphatic rings. The minimum Gasteiger partial charge on any atom is -0.491 e. The van der Waals surface area contributed by atoms with Crippen molar-refractivity contribution >= 4 is 5.69 Å². The molecule has 0 saturated heterocycles. The van der Waals surface area contributed by atoms with Crippen LogP contribution in [0.1, 0.15) is 27.2 Å². The Morgan fingerprint density at radius 1 is 1.06 bits per heavy atom. The largest absolute Gasteiger partial charge is 0.491 e. The number of hydrogen-bond acceptors (Lipinski definition) is 3. The third-order valence-corrected chi connectivity index (χ3v) is 2.28. The SMILES string of the molecule is CCCNCCNc1ccc(OC(C)C)cc1. The molecule has 3 heteroatoms. The Morgan fingerprint density at radius 3 is 2.35 bits per heavy atom. The van der Waals surface area contributed by atoms with E-state index in [4.69, 9.17) is 4.74 Å². The number of benzene rings is 1. The lowest BCUT2D eigenvalue weighted by Gasteiger charge is -2.11. The summed E-state index contributed by atoms with van der Waals surface area (Å²) < 4.78 is 5.59. The summed E-state index contributed by atoms with van der Waals surface area (Å²) in [5, 5.41) is 6.72. The quantitative estimate of drug-likeness (QED) is 0.681. The van der Waals surface area contributed by atoms with Crippen molar-refractivity contribution in [2.24, 2.45) is 0 Å². The maximum atomic E-state index is 5.59. The Hall–Kier alpha value is -1.22. The summed E-state index contributed by atoms with van der Waals surface area (Å²) >= 11 is 0. The van der Waals surface area contributed by atoms with Gasteiger partial charge in [-0.25, -0.2) is 0 Å².